The van der Waals surface area contributed by atoms with Gasteiger partial charge in [0, 0.05) is 19.8 Å². The summed E-state index contributed by atoms with van der Waals surface area (Å²) in [5.74, 6) is -1.58. The van der Waals surface area contributed by atoms with Crippen molar-refractivity contribution in [2.75, 3.05) is 18.5 Å². The number of hydrogen-bond acceptors (Lipinski definition) is 5. The molecule has 0 amide bonds. The predicted molar refractivity (Wildman–Crippen MR) is 68.7 cm³/mol. The number of nitro groups is 1. The molecule has 0 radical (unpaired) electrons. The van der Waals surface area contributed by atoms with E-state index in [0.29, 0.717) is 10.2 Å². The summed E-state index contributed by atoms with van der Waals surface area (Å²) in [7, 11) is 1.60. The Bertz CT molecular complexity index is 480. The number of hydrogen-bond donors (Lipinski definition) is 1. The minimum absolute atomic E-state index is 0.163. The van der Waals surface area contributed by atoms with Crippen LogP contribution >= 0.6 is 15.9 Å². The van der Waals surface area contributed by atoms with Gasteiger partial charge in [0.1, 0.15) is 11.9 Å². The van der Waals surface area contributed by atoms with Crippen LogP contribution in [-0.2, 0) is 4.79 Å². The highest BCUT2D eigenvalue weighted by Gasteiger charge is 2.23. The van der Waals surface area contributed by atoms with Crippen molar-refractivity contribution in [1.82, 2.24) is 4.98 Å². The highest BCUT2D eigenvalue weighted by Crippen LogP contribution is 2.34. The van der Waals surface area contributed by atoms with Crippen molar-refractivity contribution in [2.24, 2.45) is 5.92 Å². The molecule has 1 rings (SSSR count). The highest BCUT2D eigenvalue weighted by atomic mass is 79.9. The molecular formula is C10H12BrN3O4. The summed E-state index contributed by atoms with van der Waals surface area (Å²) in [4.78, 5) is 26.4. The second-order valence-corrected chi connectivity index (χ2v) is 4.72. The number of halogens is 1. The molecule has 1 heterocycles. The minimum Gasteiger partial charge on any atom is -0.481 e. The number of aromatic nitrogens is 1. The molecule has 0 aliphatic carbocycles. The summed E-state index contributed by atoms with van der Waals surface area (Å²) in [5.41, 5.74) is 0.160. The second kappa shape index (κ2) is 5.76. The topological polar surface area (TPSA) is 96.6 Å². The van der Waals surface area contributed by atoms with Gasteiger partial charge in [-0.05, 0) is 15.9 Å². The van der Waals surface area contributed by atoms with E-state index in [1.54, 1.807) is 14.0 Å². The Morgan fingerprint density at radius 2 is 2.28 bits per heavy atom. The Kier molecular flexibility index (Phi) is 4.60. The first-order chi connectivity index (χ1) is 8.34. The maximum atomic E-state index is 10.9. The summed E-state index contributed by atoms with van der Waals surface area (Å²) >= 11 is 3.19. The van der Waals surface area contributed by atoms with E-state index in [1.807, 2.05) is 0 Å². The van der Waals surface area contributed by atoms with Crippen molar-refractivity contribution in [3.63, 3.8) is 0 Å². The van der Waals surface area contributed by atoms with Crippen LogP contribution in [0.2, 0.25) is 0 Å². The van der Waals surface area contributed by atoms with Gasteiger partial charge in [-0.25, -0.2) is 0 Å². The van der Waals surface area contributed by atoms with E-state index in [1.165, 1.54) is 11.1 Å². The molecule has 1 aromatic rings. The molecule has 1 aromatic heterocycles. The number of aliphatic carboxylic acids is 1. The maximum absolute atomic E-state index is 10.9. The van der Waals surface area contributed by atoms with E-state index >= 15 is 0 Å². The average Bonchev–Trinajstić information content (AvgIpc) is 2.27. The zero-order chi connectivity index (χ0) is 13.9. The molecule has 0 saturated carbocycles. The smallest absolute Gasteiger partial charge is 0.311 e. The first-order valence-corrected chi connectivity index (χ1v) is 5.85. The monoisotopic (exact) mass is 317 g/mol. The van der Waals surface area contributed by atoms with E-state index in [9.17, 15) is 14.9 Å². The average molecular weight is 318 g/mol. The van der Waals surface area contributed by atoms with Gasteiger partial charge in [-0.1, -0.05) is 6.92 Å². The van der Waals surface area contributed by atoms with Gasteiger partial charge < -0.3 is 10.0 Å². The predicted octanol–water partition coefficient (Wildman–Crippen LogP) is 1.91. The molecule has 0 bridgehead atoms. The number of carbonyl (C=O) groups is 1. The molecule has 0 fully saturated rings. The van der Waals surface area contributed by atoms with Crippen LogP contribution in [0.25, 0.3) is 0 Å². The number of nitrogens with zero attached hydrogens (tertiary/aromatic N) is 3. The van der Waals surface area contributed by atoms with Crippen LogP contribution in [0, 0.1) is 16.0 Å². The molecule has 1 unspecified atom stereocenters. The fraction of sp³-hybridized carbons (Fsp3) is 0.400. The molecule has 1 N–H and O–H groups in total. The van der Waals surface area contributed by atoms with Crippen LogP contribution in [0.1, 0.15) is 6.92 Å². The summed E-state index contributed by atoms with van der Waals surface area (Å²) in [5, 5.41) is 19.7. The Morgan fingerprint density at radius 1 is 1.67 bits per heavy atom. The number of carboxylic acid groups (broad SMARTS) is 1. The van der Waals surface area contributed by atoms with Crippen LogP contribution in [0.3, 0.4) is 0 Å². The lowest BCUT2D eigenvalue weighted by atomic mass is 10.1. The first kappa shape index (κ1) is 14.4. The van der Waals surface area contributed by atoms with Crippen LogP contribution in [-0.4, -0.2) is 34.6 Å². The molecule has 0 spiro atoms. The number of rotatable bonds is 5. The molecule has 1 atom stereocenters. The summed E-state index contributed by atoms with van der Waals surface area (Å²) in [6.07, 6.45) is 2.58. The van der Waals surface area contributed by atoms with Crippen molar-refractivity contribution in [3.8, 4) is 0 Å². The maximum Gasteiger partial charge on any atom is 0.311 e. The number of carboxylic acids is 1. The molecule has 0 aliphatic heterocycles. The Hall–Kier alpha value is -1.70. The minimum atomic E-state index is -0.949. The standard InChI is InChI=1S/C10H12BrN3O4/c1-6(10(15)16)5-13(2)9-7(11)3-12-4-8(9)14(17)18/h3-4,6H,5H2,1-2H3,(H,15,16). The molecule has 0 aliphatic rings. The zero-order valence-electron chi connectivity index (χ0n) is 9.83. The van der Waals surface area contributed by atoms with E-state index in [-0.39, 0.29) is 12.2 Å². The van der Waals surface area contributed by atoms with Crippen molar-refractivity contribution in [2.45, 2.75) is 6.92 Å². The Labute approximate surface area is 112 Å². The molecule has 18 heavy (non-hydrogen) atoms. The van der Waals surface area contributed by atoms with Gasteiger partial charge in [0.15, 0.2) is 0 Å². The van der Waals surface area contributed by atoms with Crippen molar-refractivity contribution in [1.29, 1.82) is 0 Å². The number of anilines is 1. The number of pyridine rings is 1. The van der Waals surface area contributed by atoms with E-state index in [2.05, 4.69) is 20.9 Å². The van der Waals surface area contributed by atoms with Crippen molar-refractivity contribution < 1.29 is 14.8 Å². The molecular weight excluding hydrogens is 306 g/mol. The third-order valence-corrected chi connectivity index (χ3v) is 2.98. The quantitative estimate of drug-likeness (QED) is 0.658. The van der Waals surface area contributed by atoms with Crippen molar-refractivity contribution >= 4 is 33.3 Å². The molecule has 7 nitrogen and oxygen atoms in total. The normalized spacial score (nSPS) is 11.9. The van der Waals surface area contributed by atoms with Gasteiger partial charge in [-0.15, -0.1) is 0 Å². The first-order valence-electron chi connectivity index (χ1n) is 5.06. The largest absolute Gasteiger partial charge is 0.481 e. The molecule has 0 aromatic carbocycles. The van der Waals surface area contributed by atoms with Gasteiger partial charge in [0.25, 0.3) is 0 Å². The van der Waals surface area contributed by atoms with Gasteiger partial charge in [-0.2, -0.15) is 0 Å². The fourth-order valence-corrected chi connectivity index (χ4v) is 2.13. The Morgan fingerprint density at radius 3 is 2.78 bits per heavy atom. The second-order valence-electron chi connectivity index (χ2n) is 3.87. The lowest BCUT2D eigenvalue weighted by molar-refractivity contribution is -0.384. The van der Waals surface area contributed by atoms with Crippen LogP contribution < -0.4 is 4.90 Å². The van der Waals surface area contributed by atoms with Crippen molar-refractivity contribution in [3.05, 3.63) is 27.0 Å². The lowest BCUT2D eigenvalue weighted by Gasteiger charge is -2.22. The summed E-state index contributed by atoms with van der Waals surface area (Å²) in [6, 6.07) is 0. The lowest BCUT2D eigenvalue weighted by Crippen LogP contribution is -2.29. The van der Waals surface area contributed by atoms with E-state index in [4.69, 9.17) is 5.11 Å². The third-order valence-electron chi connectivity index (χ3n) is 2.40. The van der Waals surface area contributed by atoms with Gasteiger partial charge in [-0.3, -0.25) is 19.9 Å². The Balaban J connectivity index is 3.08. The SMILES string of the molecule is CC(CN(C)c1c(Br)cncc1[N+](=O)[O-])C(=O)O. The molecule has 0 saturated heterocycles. The van der Waals surface area contributed by atoms with Gasteiger partial charge in [0.2, 0.25) is 0 Å². The van der Waals surface area contributed by atoms with Crippen LogP contribution in [0.4, 0.5) is 11.4 Å². The fourth-order valence-electron chi connectivity index (χ4n) is 1.51. The van der Waals surface area contributed by atoms with Gasteiger partial charge in [0.05, 0.1) is 15.3 Å². The zero-order valence-corrected chi connectivity index (χ0v) is 11.4. The van der Waals surface area contributed by atoms with Gasteiger partial charge >= 0.3 is 11.7 Å². The summed E-state index contributed by atoms with van der Waals surface area (Å²) < 4.78 is 0.455. The highest BCUT2D eigenvalue weighted by molar-refractivity contribution is 9.10. The summed E-state index contributed by atoms with van der Waals surface area (Å²) in [6.45, 7) is 1.71. The third kappa shape index (κ3) is 3.16. The van der Waals surface area contributed by atoms with E-state index < -0.39 is 16.8 Å². The van der Waals surface area contributed by atoms with Crippen LogP contribution in [0.15, 0.2) is 16.9 Å². The molecule has 98 valence electrons. The van der Waals surface area contributed by atoms with Crippen LogP contribution in [0.5, 0.6) is 0 Å². The molecule has 8 heteroatoms. The van der Waals surface area contributed by atoms with E-state index in [0.717, 1.165) is 6.20 Å².